The third-order valence-corrected chi connectivity index (χ3v) is 4.00. The molecule has 1 aliphatic carbocycles. The molecule has 0 aromatic heterocycles. The molecule has 1 rings (SSSR count). The molecule has 0 radical (unpaired) electrons. The van der Waals surface area contributed by atoms with Gasteiger partial charge in [-0.05, 0) is 33.1 Å². The summed E-state index contributed by atoms with van der Waals surface area (Å²) in [5.41, 5.74) is 0. The SMILES string of the molecule is CSCC(C)N(C)C1CCC1C(=O)O. The van der Waals surface area contributed by atoms with E-state index in [1.165, 1.54) is 0 Å². The zero-order chi connectivity index (χ0) is 10.7. The number of aliphatic carboxylic acids is 1. The Morgan fingerprint density at radius 1 is 1.64 bits per heavy atom. The Morgan fingerprint density at radius 3 is 2.64 bits per heavy atom. The highest BCUT2D eigenvalue weighted by Crippen LogP contribution is 2.32. The standard InChI is InChI=1S/C10H19NO2S/c1-7(6-14-3)11(2)9-5-4-8(9)10(12)13/h7-9H,4-6H2,1-3H3,(H,12,13). The summed E-state index contributed by atoms with van der Waals surface area (Å²) in [6.45, 7) is 2.16. The van der Waals surface area contributed by atoms with E-state index in [1.807, 2.05) is 18.8 Å². The third-order valence-electron chi connectivity index (χ3n) is 3.18. The van der Waals surface area contributed by atoms with Crippen LogP contribution in [0.4, 0.5) is 0 Å². The van der Waals surface area contributed by atoms with E-state index in [4.69, 9.17) is 5.11 Å². The smallest absolute Gasteiger partial charge is 0.308 e. The summed E-state index contributed by atoms with van der Waals surface area (Å²) >= 11 is 1.81. The second kappa shape index (κ2) is 5.03. The number of nitrogens with zero attached hydrogens (tertiary/aromatic N) is 1. The molecule has 3 nitrogen and oxygen atoms in total. The largest absolute Gasteiger partial charge is 0.481 e. The molecule has 82 valence electrons. The molecule has 1 saturated carbocycles. The first-order chi connectivity index (χ1) is 6.57. The number of thioether (sulfide) groups is 1. The minimum atomic E-state index is -0.635. The predicted molar refractivity (Wildman–Crippen MR) is 59.8 cm³/mol. The van der Waals surface area contributed by atoms with Crippen LogP contribution in [0.15, 0.2) is 0 Å². The van der Waals surface area contributed by atoms with Crippen molar-refractivity contribution >= 4 is 17.7 Å². The fourth-order valence-electron chi connectivity index (χ4n) is 1.94. The van der Waals surface area contributed by atoms with Crippen molar-refractivity contribution in [3.8, 4) is 0 Å². The second-order valence-corrected chi connectivity index (χ2v) is 4.97. The minimum Gasteiger partial charge on any atom is -0.481 e. The summed E-state index contributed by atoms with van der Waals surface area (Å²) in [5, 5.41) is 8.93. The quantitative estimate of drug-likeness (QED) is 0.758. The summed E-state index contributed by atoms with van der Waals surface area (Å²) in [7, 11) is 2.04. The lowest BCUT2D eigenvalue weighted by molar-refractivity contribution is -0.149. The molecule has 1 aliphatic rings. The highest BCUT2D eigenvalue weighted by Gasteiger charge is 2.40. The third kappa shape index (κ3) is 2.42. The zero-order valence-corrected chi connectivity index (χ0v) is 9.88. The van der Waals surface area contributed by atoms with E-state index in [0.29, 0.717) is 6.04 Å². The molecule has 0 saturated heterocycles. The number of carboxylic acids is 1. The molecule has 0 bridgehead atoms. The molecule has 0 aliphatic heterocycles. The molecule has 1 N–H and O–H groups in total. The van der Waals surface area contributed by atoms with Gasteiger partial charge in [0.15, 0.2) is 0 Å². The monoisotopic (exact) mass is 217 g/mol. The first-order valence-electron chi connectivity index (χ1n) is 5.01. The molecule has 0 aromatic rings. The Bertz CT molecular complexity index is 210. The van der Waals surface area contributed by atoms with E-state index in [9.17, 15) is 4.79 Å². The van der Waals surface area contributed by atoms with Crippen LogP contribution in [-0.4, -0.2) is 47.1 Å². The highest BCUT2D eigenvalue weighted by atomic mass is 32.2. The first kappa shape index (κ1) is 11.9. The Labute approximate surface area is 89.9 Å². The molecule has 3 unspecified atom stereocenters. The Balaban J connectivity index is 2.44. The lowest BCUT2D eigenvalue weighted by Crippen LogP contribution is -2.52. The molecule has 14 heavy (non-hydrogen) atoms. The van der Waals surface area contributed by atoms with Crippen LogP contribution in [0.5, 0.6) is 0 Å². The summed E-state index contributed by atoms with van der Waals surface area (Å²) in [4.78, 5) is 13.1. The average Bonchev–Trinajstić information content (AvgIpc) is 2.01. The molecule has 0 heterocycles. The lowest BCUT2D eigenvalue weighted by atomic mass is 9.78. The van der Waals surface area contributed by atoms with Gasteiger partial charge >= 0.3 is 5.97 Å². The molecule has 0 spiro atoms. The number of carboxylic acid groups (broad SMARTS) is 1. The maximum absolute atomic E-state index is 10.8. The molecular weight excluding hydrogens is 198 g/mol. The van der Waals surface area contributed by atoms with Gasteiger partial charge in [0.1, 0.15) is 0 Å². The number of rotatable bonds is 5. The number of carbonyl (C=O) groups is 1. The Kier molecular flexibility index (Phi) is 4.26. The van der Waals surface area contributed by atoms with Gasteiger partial charge in [-0.15, -0.1) is 0 Å². The molecule has 0 amide bonds. The van der Waals surface area contributed by atoms with Crippen LogP contribution in [0.2, 0.25) is 0 Å². The molecule has 4 heteroatoms. The summed E-state index contributed by atoms with van der Waals surface area (Å²) in [5.74, 6) is 0.299. The van der Waals surface area contributed by atoms with Crippen molar-refractivity contribution < 1.29 is 9.90 Å². The minimum absolute atomic E-state index is 0.135. The van der Waals surface area contributed by atoms with Crippen LogP contribution in [0.3, 0.4) is 0 Å². The van der Waals surface area contributed by atoms with Crippen molar-refractivity contribution in [1.29, 1.82) is 0 Å². The van der Waals surface area contributed by atoms with Crippen LogP contribution >= 0.6 is 11.8 Å². The van der Waals surface area contributed by atoms with Gasteiger partial charge in [0, 0.05) is 17.8 Å². The Morgan fingerprint density at radius 2 is 2.29 bits per heavy atom. The summed E-state index contributed by atoms with van der Waals surface area (Å²) in [6.07, 6.45) is 3.96. The van der Waals surface area contributed by atoms with Crippen molar-refractivity contribution in [2.24, 2.45) is 5.92 Å². The maximum Gasteiger partial charge on any atom is 0.308 e. The van der Waals surface area contributed by atoms with Gasteiger partial charge in [-0.2, -0.15) is 11.8 Å². The van der Waals surface area contributed by atoms with E-state index < -0.39 is 5.97 Å². The van der Waals surface area contributed by atoms with Crippen LogP contribution in [0.25, 0.3) is 0 Å². The van der Waals surface area contributed by atoms with Gasteiger partial charge in [-0.3, -0.25) is 9.69 Å². The van der Waals surface area contributed by atoms with Gasteiger partial charge in [0.2, 0.25) is 0 Å². The van der Waals surface area contributed by atoms with E-state index in [1.54, 1.807) is 0 Å². The topological polar surface area (TPSA) is 40.5 Å². The fourth-order valence-corrected chi connectivity index (χ4v) is 2.66. The van der Waals surface area contributed by atoms with Crippen molar-refractivity contribution in [3.63, 3.8) is 0 Å². The van der Waals surface area contributed by atoms with E-state index >= 15 is 0 Å². The number of hydrogen-bond donors (Lipinski definition) is 1. The maximum atomic E-state index is 10.8. The lowest BCUT2D eigenvalue weighted by Gasteiger charge is -2.43. The van der Waals surface area contributed by atoms with Gasteiger partial charge in [-0.25, -0.2) is 0 Å². The number of hydrogen-bond acceptors (Lipinski definition) is 3. The fraction of sp³-hybridized carbons (Fsp3) is 0.900. The van der Waals surface area contributed by atoms with Crippen LogP contribution in [0, 0.1) is 5.92 Å². The van der Waals surface area contributed by atoms with Gasteiger partial charge in [0.05, 0.1) is 5.92 Å². The van der Waals surface area contributed by atoms with Crippen molar-refractivity contribution in [3.05, 3.63) is 0 Å². The zero-order valence-electron chi connectivity index (χ0n) is 9.06. The second-order valence-electron chi connectivity index (χ2n) is 4.06. The van der Waals surface area contributed by atoms with Crippen molar-refractivity contribution in [1.82, 2.24) is 4.90 Å². The van der Waals surface area contributed by atoms with Gasteiger partial charge in [0.25, 0.3) is 0 Å². The van der Waals surface area contributed by atoms with Crippen LogP contribution in [0.1, 0.15) is 19.8 Å². The van der Waals surface area contributed by atoms with E-state index in [2.05, 4.69) is 18.1 Å². The molecule has 1 fully saturated rings. The Hall–Kier alpha value is -0.220. The summed E-state index contributed by atoms with van der Waals surface area (Å²) in [6, 6.07) is 0.729. The normalized spacial score (nSPS) is 28.6. The van der Waals surface area contributed by atoms with Gasteiger partial charge < -0.3 is 5.11 Å². The molecular formula is C10H19NO2S. The van der Waals surface area contributed by atoms with E-state index in [0.717, 1.165) is 18.6 Å². The van der Waals surface area contributed by atoms with E-state index in [-0.39, 0.29) is 12.0 Å². The van der Waals surface area contributed by atoms with Crippen LogP contribution < -0.4 is 0 Å². The average molecular weight is 217 g/mol. The van der Waals surface area contributed by atoms with Crippen molar-refractivity contribution in [2.45, 2.75) is 31.8 Å². The van der Waals surface area contributed by atoms with Gasteiger partial charge in [-0.1, -0.05) is 0 Å². The van der Waals surface area contributed by atoms with Crippen molar-refractivity contribution in [2.75, 3.05) is 19.1 Å². The first-order valence-corrected chi connectivity index (χ1v) is 6.41. The molecule has 3 atom stereocenters. The molecule has 0 aromatic carbocycles. The predicted octanol–water partition coefficient (Wildman–Crippen LogP) is 1.53. The highest BCUT2D eigenvalue weighted by molar-refractivity contribution is 7.98. The summed E-state index contributed by atoms with van der Waals surface area (Å²) < 4.78 is 0. The van der Waals surface area contributed by atoms with Crippen LogP contribution in [-0.2, 0) is 4.79 Å².